The zero-order valence-corrected chi connectivity index (χ0v) is 22.3. The van der Waals surface area contributed by atoms with Crippen LogP contribution in [0.25, 0.3) is 0 Å². The van der Waals surface area contributed by atoms with Gasteiger partial charge in [-0.25, -0.2) is 4.79 Å². The number of carbonyl (C=O) groups is 1. The summed E-state index contributed by atoms with van der Waals surface area (Å²) in [6, 6.07) is 7.12. The molecule has 2 rings (SSSR count). The van der Waals surface area contributed by atoms with Gasteiger partial charge in [0.1, 0.15) is 0 Å². The van der Waals surface area contributed by atoms with Crippen molar-refractivity contribution >= 4 is 40.2 Å². The minimum absolute atomic E-state index is 0.0778. The molecule has 1 aromatic carbocycles. The van der Waals surface area contributed by atoms with Crippen LogP contribution in [0.4, 0.5) is 0 Å². The molecule has 1 fully saturated rings. The molecule has 0 spiro atoms. The van der Waals surface area contributed by atoms with E-state index < -0.39 is 40.2 Å². The number of carboxylic acids is 1. The summed E-state index contributed by atoms with van der Waals surface area (Å²) in [5.74, 6) is -0.920. The standard InChI is InChI=1S/C18H34O6Si4/c1-9-10-17(15-11-13-16(14-12-15)18(19)20)28(8)23-26(4,5)21-25(2,3)22-27(6,7)24-28/h11-14,17H,9-10H2,1-8H3,(H,19,20). The highest BCUT2D eigenvalue weighted by atomic mass is 28.5. The minimum Gasteiger partial charge on any atom is -0.478 e. The Balaban J connectivity index is 2.48. The zero-order chi connectivity index (χ0) is 21.4. The normalized spacial score (nSPS) is 24.0. The van der Waals surface area contributed by atoms with E-state index in [1.165, 1.54) is 0 Å². The van der Waals surface area contributed by atoms with Crippen LogP contribution in [0.5, 0.6) is 0 Å². The predicted octanol–water partition coefficient (Wildman–Crippen LogP) is 5.07. The quantitative estimate of drug-likeness (QED) is 0.621. The van der Waals surface area contributed by atoms with Gasteiger partial charge < -0.3 is 21.6 Å². The fourth-order valence-corrected chi connectivity index (χ4v) is 26.5. The molecular weight excluding hydrogens is 425 g/mol. The smallest absolute Gasteiger partial charge is 0.335 e. The average Bonchev–Trinajstić information content (AvgIpc) is 2.47. The Morgan fingerprint density at radius 3 is 1.68 bits per heavy atom. The Morgan fingerprint density at radius 2 is 1.29 bits per heavy atom. The fourth-order valence-electron chi connectivity index (χ4n) is 4.26. The number of hydrogen-bond donors (Lipinski definition) is 1. The SMILES string of the molecule is CCCC(c1ccc(C(=O)O)cc1)[Si]1(C)O[Si](C)(C)O[Si](C)(C)O[Si](C)(C)O1. The Morgan fingerprint density at radius 1 is 0.857 bits per heavy atom. The van der Waals surface area contributed by atoms with Gasteiger partial charge >= 0.3 is 40.2 Å². The third-order valence-corrected chi connectivity index (χ3v) is 21.6. The molecule has 1 unspecified atom stereocenters. The maximum atomic E-state index is 11.2. The number of benzene rings is 1. The van der Waals surface area contributed by atoms with E-state index in [9.17, 15) is 9.90 Å². The van der Waals surface area contributed by atoms with Gasteiger partial charge in [-0.2, -0.15) is 0 Å². The van der Waals surface area contributed by atoms with Crippen LogP contribution >= 0.6 is 0 Å². The molecule has 0 aliphatic carbocycles. The first-order chi connectivity index (χ1) is 12.7. The average molecular weight is 459 g/mol. The van der Waals surface area contributed by atoms with E-state index in [4.69, 9.17) is 16.5 Å². The molecule has 1 aromatic rings. The van der Waals surface area contributed by atoms with Crippen LogP contribution in [-0.2, 0) is 16.5 Å². The van der Waals surface area contributed by atoms with E-state index in [1.54, 1.807) is 12.1 Å². The Hall–Kier alpha value is -0.602. The van der Waals surface area contributed by atoms with Crippen LogP contribution in [-0.4, -0.2) is 45.3 Å². The predicted molar refractivity (Wildman–Crippen MR) is 119 cm³/mol. The van der Waals surface area contributed by atoms with E-state index in [0.717, 1.165) is 18.4 Å². The molecular formula is C18H34O6Si4. The Bertz CT molecular complexity index is 683. The molecule has 1 atom stereocenters. The van der Waals surface area contributed by atoms with Crippen LogP contribution in [0.2, 0.25) is 45.8 Å². The van der Waals surface area contributed by atoms with E-state index in [-0.39, 0.29) is 11.1 Å². The molecule has 6 nitrogen and oxygen atoms in total. The third-order valence-electron chi connectivity index (χ3n) is 4.65. The minimum atomic E-state index is -2.74. The topological polar surface area (TPSA) is 74.2 Å². The molecule has 0 saturated carbocycles. The largest absolute Gasteiger partial charge is 0.478 e. The van der Waals surface area contributed by atoms with Crippen molar-refractivity contribution in [3.8, 4) is 0 Å². The first-order valence-electron chi connectivity index (χ1n) is 9.82. The van der Waals surface area contributed by atoms with Crippen LogP contribution in [0.3, 0.4) is 0 Å². The lowest BCUT2D eigenvalue weighted by Crippen LogP contribution is -2.66. The van der Waals surface area contributed by atoms with Crippen molar-refractivity contribution in [3.63, 3.8) is 0 Å². The molecule has 0 bridgehead atoms. The van der Waals surface area contributed by atoms with Gasteiger partial charge in [0, 0.05) is 5.54 Å². The van der Waals surface area contributed by atoms with Crippen molar-refractivity contribution < 1.29 is 26.4 Å². The lowest BCUT2D eigenvalue weighted by Gasteiger charge is -2.49. The van der Waals surface area contributed by atoms with Crippen molar-refractivity contribution in [1.29, 1.82) is 0 Å². The number of aromatic carboxylic acids is 1. The molecule has 1 aliphatic rings. The lowest BCUT2D eigenvalue weighted by atomic mass is 10.1. The maximum Gasteiger partial charge on any atom is 0.335 e. The molecule has 10 heteroatoms. The van der Waals surface area contributed by atoms with Gasteiger partial charge in [0.05, 0.1) is 5.56 Å². The Kier molecular flexibility index (Phi) is 6.99. The van der Waals surface area contributed by atoms with E-state index in [0.29, 0.717) is 0 Å². The molecule has 0 aromatic heterocycles. The van der Waals surface area contributed by atoms with Crippen LogP contribution in [0.1, 0.15) is 41.2 Å². The maximum absolute atomic E-state index is 11.2. The van der Waals surface area contributed by atoms with E-state index in [2.05, 4.69) is 52.8 Å². The molecule has 28 heavy (non-hydrogen) atoms. The summed E-state index contributed by atoms with van der Waals surface area (Å²) in [5, 5.41) is 9.21. The van der Waals surface area contributed by atoms with Crippen LogP contribution < -0.4 is 0 Å². The highest BCUT2D eigenvalue weighted by Crippen LogP contribution is 2.40. The van der Waals surface area contributed by atoms with Crippen LogP contribution in [0, 0.1) is 0 Å². The Labute approximate surface area is 173 Å². The highest BCUT2D eigenvalue weighted by Gasteiger charge is 2.55. The molecule has 158 valence electrons. The lowest BCUT2D eigenvalue weighted by molar-refractivity contribution is 0.0696. The first kappa shape index (κ1) is 23.7. The van der Waals surface area contributed by atoms with Gasteiger partial charge in [0.2, 0.25) is 0 Å². The second kappa shape index (κ2) is 8.26. The summed E-state index contributed by atoms with van der Waals surface area (Å²) in [6.45, 7) is 16.6. The summed E-state index contributed by atoms with van der Waals surface area (Å²) in [7, 11) is -9.99. The molecule has 0 amide bonds. The highest BCUT2D eigenvalue weighted by molar-refractivity contribution is 6.93. The summed E-state index contributed by atoms with van der Waals surface area (Å²) in [6.07, 6.45) is 1.89. The molecule has 1 saturated heterocycles. The van der Waals surface area contributed by atoms with Gasteiger partial charge in [0.25, 0.3) is 0 Å². The summed E-state index contributed by atoms with van der Waals surface area (Å²) in [4.78, 5) is 11.2. The molecule has 0 radical (unpaired) electrons. The number of hydrogen-bond acceptors (Lipinski definition) is 5. The van der Waals surface area contributed by atoms with Gasteiger partial charge in [-0.3, -0.25) is 0 Å². The van der Waals surface area contributed by atoms with Crippen molar-refractivity contribution in [3.05, 3.63) is 35.4 Å². The molecule has 1 N–H and O–H groups in total. The van der Waals surface area contributed by atoms with E-state index >= 15 is 0 Å². The second-order valence-electron chi connectivity index (χ2n) is 8.89. The molecule has 1 aliphatic heterocycles. The summed E-state index contributed by atoms with van der Waals surface area (Å²) in [5.41, 5.74) is 1.43. The van der Waals surface area contributed by atoms with Crippen molar-refractivity contribution in [2.75, 3.05) is 0 Å². The summed E-state index contributed by atoms with van der Waals surface area (Å²) < 4.78 is 26.5. The fraction of sp³-hybridized carbons (Fsp3) is 0.611. The summed E-state index contributed by atoms with van der Waals surface area (Å²) >= 11 is 0. The number of carboxylic acid groups (broad SMARTS) is 1. The van der Waals surface area contributed by atoms with Gasteiger partial charge in [0.15, 0.2) is 0 Å². The van der Waals surface area contributed by atoms with Gasteiger partial charge in [-0.1, -0.05) is 25.5 Å². The molecule has 1 heterocycles. The van der Waals surface area contributed by atoms with Crippen molar-refractivity contribution in [2.45, 2.75) is 71.1 Å². The number of rotatable bonds is 5. The third kappa shape index (κ3) is 5.95. The van der Waals surface area contributed by atoms with Crippen molar-refractivity contribution in [1.82, 2.24) is 0 Å². The first-order valence-corrected chi connectivity index (χ1v) is 20.7. The van der Waals surface area contributed by atoms with E-state index in [1.807, 2.05) is 12.1 Å². The zero-order valence-electron chi connectivity index (χ0n) is 18.3. The van der Waals surface area contributed by atoms with Crippen LogP contribution in [0.15, 0.2) is 24.3 Å². The van der Waals surface area contributed by atoms with Gasteiger partial charge in [-0.15, -0.1) is 0 Å². The second-order valence-corrected chi connectivity index (χ2v) is 23.3. The van der Waals surface area contributed by atoms with Crippen molar-refractivity contribution in [2.24, 2.45) is 0 Å². The van der Waals surface area contributed by atoms with Gasteiger partial charge in [-0.05, 0) is 69.9 Å². The monoisotopic (exact) mass is 458 g/mol.